The molecule has 2 N–H and O–H groups in total. The third-order valence-corrected chi connectivity index (χ3v) is 3.50. The fourth-order valence-electron chi connectivity index (χ4n) is 2.12. The maximum atomic E-state index is 10.9. The molecule has 0 amide bonds. The lowest BCUT2D eigenvalue weighted by atomic mass is 10.00. The van der Waals surface area contributed by atoms with E-state index < -0.39 is 11.9 Å². The van der Waals surface area contributed by atoms with E-state index in [4.69, 9.17) is 10.2 Å². The number of aliphatic carboxylic acids is 1. The highest BCUT2D eigenvalue weighted by atomic mass is 16.4. The molecule has 0 spiro atoms. The van der Waals surface area contributed by atoms with Crippen molar-refractivity contribution in [2.24, 2.45) is 0 Å². The van der Waals surface area contributed by atoms with Gasteiger partial charge in [0.05, 0.1) is 5.92 Å². The minimum absolute atomic E-state index is 0.271. The monoisotopic (exact) mass is 279 g/mol. The lowest BCUT2D eigenvalue weighted by molar-refractivity contribution is -0.138. The fraction of sp³-hybridized carbons (Fsp3) is 0.562. The van der Waals surface area contributed by atoms with Gasteiger partial charge in [0.2, 0.25) is 0 Å². The number of carboxylic acids is 1. The van der Waals surface area contributed by atoms with Crippen molar-refractivity contribution in [1.29, 1.82) is 0 Å². The van der Waals surface area contributed by atoms with E-state index in [9.17, 15) is 4.79 Å². The third-order valence-electron chi connectivity index (χ3n) is 3.50. The second-order valence-electron chi connectivity index (χ2n) is 5.32. The second-order valence-corrected chi connectivity index (χ2v) is 5.32. The summed E-state index contributed by atoms with van der Waals surface area (Å²) in [4.78, 5) is 13.2. The first-order chi connectivity index (χ1) is 9.54. The fourth-order valence-corrected chi connectivity index (χ4v) is 2.12. The minimum Gasteiger partial charge on any atom is -0.481 e. The summed E-state index contributed by atoms with van der Waals surface area (Å²) in [5.41, 5.74) is 2.03. The van der Waals surface area contributed by atoms with Gasteiger partial charge in [-0.05, 0) is 50.9 Å². The molecule has 1 aromatic rings. The number of carbonyl (C=O) groups is 1. The van der Waals surface area contributed by atoms with Gasteiger partial charge in [-0.3, -0.25) is 4.79 Å². The number of unbranched alkanes of at least 4 members (excludes halogenated alkanes) is 2. The van der Waals surface area contributed by atoms with Crippen LogP contribution in [0.3, 0.4) is 0 Å². The number of rotatable bonds is 9. The van der Waals surface area contributed by atoms with E-state index >= 15 is 0 Å². The van der Waals surface area contributed by atoms with Gasteiger partial charge in [-0.15, -0.1) is 0 Å². The molecule has 0 bridgehead atoms. The van der Waals surface area contributed by atoms with E-state index in [-0.39, 0.29) is 6.61 Å². The topological polar surface area (TPSA) is 60.8 Å². The van der Waals surface area contributed by atoms with E-state index in [1.807, 2.05) is 24.3 Å². The molecule has 0 fully saturated rings. The van der Waals surface area contributed by atoms with Crippen LogP contribution in [0.5, 0.6) is 0 Å². The summed E-state index contributed by atoms with van der Waals surface area (Å²) in [6.45, 7) is 3.84. The summed E-state index contributed by atoms with van der Waals surface area (Å²) in [5.74, 6) is -1.25. The molecule has 1 atom stereocenters. The van der Waals surface area contributed by atoms with E-state index in [1.54, 1.807) is 6.92 Å². The summed E-state index contributed by atoms with van der Waals surface area (Å²) >= 11 is 0. The Bertz CT molecular complexity index is 403. The summed E-state index contributed by atoms with van der Waals surface area (Å²) in [5, 5.41) is 17.7. The molecule has 20 heavy (non-hydrogen) atoms. The Morgan fingerprint density at radius 1 is 1.20 bits per heavy atom. The maximum absolute atomic E-state index is 10.9. The lowest BCUT2D eigenvalue weighted by Gasteiger charge is -2.17. The smallest absolute Gasteiger partial charge is 0.310 e. The molecule has 0 aromatic heterocycles. The molecule has 1 unspecified atom stereocenters. The molecule has 0 radical (unpaired) electrons. The van der Waals surface area contributed by atoms with Crippen LogP contribution in [0.25, 0.3) is 0 Å². The van der Waals surface area contributed by atoms with Crippen molar-refractivity contribution in [2.75, 3.05) is 20.2 Å². The molecule has 4 nitrogen and oxygen atoms in total. The zero-order valence-electron chi connectivity index (χ0n) is 12.4. The van der Waals surface area contributed by atoms with Crippen LogP contribution in [0.15, 0.2) is 24.3 Å². The number of hydrogen-bond donors (Lipinski definition) is 2. The lowest BCUT2D eigenvalue weighted by Crippen LogP contribution is -2.19. The van der Waals surface area contributed by atoms with Gasteiger partial charge in [-0.2, -0.15) is 0 Å². The Balaban J connectivity index is 2.42. The summed E-state index contributed by atoms with van der Waals surface area (Å²) < 4.78 is 0. The van der Waals surface area contributed by atoms with Gasteiger partial charge in [0, 0.05) is 13.2 Å². The van der Waals surface area contributed by atoms with Crippen molar-refractivity contribution in [3.05, 3.63) is 35.4 Å². The molecule has 0 aliphatic carbocycles. The van der Waals surface area contributed by atoms with Crippen molar-refractivity contribution >= 4 is 5.97 Å². The molecule has 4 heteroatoms. The van der Waals surface area contributed by atoms with Crippen LogP contribution < -0.4 is 0 Å². The van der Waals surface area contributed by atoms with Crippen molar-refractivity contribution in [2.45, 2.75) is 38.6 Å². The Morgan fingerprint density at radius 2 is 1.85 bits per heavy atom. The molecule has 1 aromatic carbocycles. The van der Waals surface area contributed by atoms with Crippen LogP contribution in [-0.2, 0) is 11.3 Å². The van der Waals surface area contributed by atoms with Crippen LogP contribution >= 0.6 is 0 Å². The normalized spacial score (nSPS) is 12.6. The van der Waals surface area contributed by atoms with Gasteiger partial charge in [-0.25, -0.2) is 0 Å². The van der Waals surface area contributed by atoms with E-state index in [0.29, 0.717) is 0 Å². The molecular formula is C16H25NO3. The molecule has 1 rings (SSSR count). The van der Waals surface area contributed by atoms with E-state index in [2.05, 4.69) is 11.9 Å². The molecule has 0 saturated heterocycles. The van der Waals surface area contributed by atoms with Gasteiger partial charge in [0.1, 0.15) is 0 Å². The van der Waals surface area contributed by atoms with Crippen LogP contribution in [0.1, 0.15) is 43.2 Å². The molecule has 0 heterocycles. The number of aliphatic hydroxyl groups is 1. The first kappa shape index (κ1) is 16.7. The predicted molar refractivity (Wildman–Crippen MR) is 79.8 cm³/mol. The molecule has 112 valence electrons. The quantitative estimate of drug-likeness (QED) is 0.682. The number of nitrogens with zero attached hydrogens (tertiary/aromatic N) is 1. The van der Waals surface area contributed by atoms with Crippen LogP contribution in [0.4, 0.5) is 0 Å². The minimum atomic E-state index is -0.793. The second kappa shape index (κ2) is 8.72. The zero-order valence-corrected chi connectivity index (χ0v) is 12.4. The van der Waals surface area contributed by atoms with Gasteiger partial charge in [0.25, 0.3) is 0 Å². The summed E-state index contributed by atoms with van der Waals surface area (Å²) in [6, 6.07) is 7.79. The Hall–Kier alpha value is -1.39. The molecular weight excluding hydrogens is 254 g/mol. The van der Waals surface area contributed by atoms with Crippen molar-refractivity contribution in [1.82, 2.24) is 4.90 Å². The molecule has 0 aliphatic heterocycles. The van der Waals surface area contributed by atoms with Gasteiger partial charge < -0.3 is 15.1 Å². The predicted octanol–water partition coefficient (Wildman–Crippen LogP) is 2.47. The van der Waals surface area contributed by atoms with Crippen molar-refractivity contribution in [3.8, 4) is 0 Å². The molecule has 0 saturated carbocycles. The highest BCUT2D eigenvalue weighted by Gasteiger charge is 2.13. The third kappa shape index (κ3) is 5.72. The molecule has 0 aliphatic rings. The number of aliphatic hydroxyl groups excluding tert-OH is 1. The number of benzene rings is 1. The average Bonchev–Trinajstić information content (AvgIpc) is 2.43. The van der Waals surface area contributed by atoms with Gasteiger partial charge in [-0.1, -0.05) is 24.3 Å². The summed E-state index contributed by atoms with van der Waals surface area (Å²) in [7, 11) is 2.08. The van der Waals surface area contributed by atoms with Crippen LogP contribution in [0, 0.1) is 0 Å². The van der Waals surface area contributed by atoms with Crippen LogP contribution in [-0.4, -0.2) is 41.3 Å². The van der Waals surface area contributed by atoms with Gasteiger partial charge >= 0.3 is 5.97 Å². The Kier molecular flexibility index (Phi) is 7.26. The van der Waals surface area contributed by atoms with Gasteiger partial charge in [0.15, 0.2) is 0 Å². The number of hydrogen-bond acceptors (Lipinski definition) is 3. The standard InChI is InChI=1S/C16H25NO3/c1-13(16(19)20)15-8-6-14(7-9-15)12-17(2)10-4-3-5-11-18/h6-9,13,18H,3-5,10-12H2,1-2H3,(H,19,20). The number of carboxylic acid groups (broad SMARTS) is 1. The van der Waals surface area contributed by atoms with E-state index in [0.717, 1.165) is 37.9 Å². The first-order valence-electron chi connectivity index (χ1n) is 7.15. The van der Waals surface area contributed by atoms with Crippen molar-refractivity contribution in [3.63, 3.8) is 0 Å². The SMILES string of the molecule is CC(C(=O)O)c1ccc(CN(C)CCCCCO)cc1. The summed E-state index contributed by atoms with van der Waals surface area (Å²) in [6.07, 6.45) is 3.01. The highest BCUT2D eigenvalue weighted by molar-refractivity contribution is 5.75. The first-order valence-corrected chi connectivity index (χ1v) is 7.15. The van der Waals surface area contributed by atoms with Crippen LogP contribution in [0.2, 0.25) is 0 Å². The largest absolute Gasteiger partial charge is 0.481 e. The van der Waals surface area contributed by atoms with E-state index in [1.165, 1.54) is 5.56 Å². The average molecular weight is 279 g/mol. The Morgan fingerprint density at radius 3 is 2.40 bits per heavy atom. The highest BCUT2D eigenvalue weighted by Crippen LogP contribution is 2.16. The zero-order chi connectivity index (χ0) is 15.0. The Labute approximate surface area is 121 Å². The van der Waals surface area contributed by atoms with Crippen molar-refractivity contribution < 1.29 is 15.0 Å². The maximum Gasteiger partial charge on any atom is 0.310 e.